The number of amides is 1. The van der Waals surface area contributed by atoms with E-state index in [1.54, 1.807) is 24.8 Å². The third-order valence-corrected chi connectivity index (χ3v) is 6.72. The van der Waals surface area contributed by atoms with Gasteiger partial charge in [0.2, 0.25) is 0 Å². The average molecular weight is 543 g/mol. The van der Waals surface area contributed by atoms with Gasteiger partial charge in [-0.3, -0.25) is 0 Å². The van der Waals surface area contributed by atoms with Crippen LogP contribution in [-0.4, -0.2) is 48.8 Å². The van der Waals surface area contributed by atoms with E-state index >= 15 is 0 Å². The highest BCUT2D eigenvalue weighted by Crippen LogP contribution is 2.35. The zero-order valence-corrected chi connectivity index (χ0v) is 23.4. The van der Waals surface area contributed by atoms with Crippen LogP contribution in [0.1, 0.15) is 58.6 Å². The van der Waals surface area contributed by atoms with Gasteiger partial charge in [-0.1, -0.05) is 38.1 Å². The second kappa shape index (κ2) is 11.0. The van der Waals surface area contributed by atoms with Crippen molar-refractivity contribution < 1.29 is 19.0 Å². The summed E-state index contributed by atoms with van der Waals surface area (Å²) >= 11 is 0. The number of hydrogen-bond donors (Lipinski definition) is 1. The van der Waals surface area contributed by atoms with Gasteiger partial charge in [0.1, 0.15) is 23.2 Å². The van der Waals surface area contributed by atoms with Gasteiger partial charge in [0, 0.05) is 24.3 Å². The molecule has 1 fully saturated rings. The summed E-state index contributed by atoms with van der Waals surface area (Å²) in [5.41, 5.74) is 1.59. The highest BCUT2D eigenvalue weighted by atomic mass is 16.6. The van der Waals surface area contributed by atoms with Gasteiger partial charge in [0.25, 0.3) is 5.95 Å². The monoisotopic (exact) mass is 542 g/mol. The van der Waals surface area contributed by atoms with Crippen molar-refractivity contribution in [2.45, 2.75) is 70.6 Å². The first-order chi connectivity index (χ1) is 19.0. The molecule has 208 valence electrons. The molecule has 0 saturated heterocycles. The Morgan fingerprint density at radius 2 is 1.38 bits per heavy atom. The van der Waals surface area contributed by atoms with Crippen LogP contribution in [-0.2, 0) is 10.2 Å². The number of alkyl carbamates (subject to hydrolysis) is 1. The number of rotatable bonds is 8. The first kappa shape index (κ1) is 27.1. The fraction of sp³-hybridized carbons (Fsp3) is 0.367. The summed E-state index contributed by atoms with van der Waals surface area (Å²) in [7, 11) is 0. The molecular formula is C30H34N6O4. The highest BCUT2D eigenvalue weighted by molar-refractivity contribution is 5.68. The average Bonchev–Trinajstić information content (AvgIpc) is 3.43. The summed E-state index contributed by atoms with van der Waals surface area (Å²) < 4.78 is 17.4. The van der Waals surface area contributed by atoms with Gasteiger partial charge in [-0.05, 0) is 56.2 Å². The summed E-state index contributed by atoms with van der Waals surface area (Å²) in [6.07, 6.45) is 7.54. The molecule has 2 aromatic heterocycles. The van der Waals surface area contributed by atoms with Crippen LogP contribution in [0.2, 0.25) is 0 Å². The topological polar surface area (TPSA) is 113 Å². The molecule has 1 saturated carbocycles. The van der Waals surface area contributed by atoms with Crippen molar-refractivity contribution in [2.24, 2.45) is 0 Å². The van der Waals surface area contributed by atoms with Crippen molar-refractivity contribution in [3.05, 3.63) is 84.4 Å². The molecule has 0 radical (unpaired) electrons. The smallest absolute Gasteiger partial charge is 0.407 e. The van der Waals surface area contributed by atoms with Gasteiger partial charge in [-0.15, -0.1) is 4.80 Å². The second-order valence-corrected chi connectivity index (χ2v) is 11.4. The van der Waals surface area contributed by atoms with E-state index in [1.165, 1.54) is 10.4 Å². The van der Waals surface area contributed by atoms with Crippen LogP contribution >= 0.6 is 0 Å². The van der Waals surface area contributed by atoms with Crippen LogP contribution in [0.5, 0.6) is 17.2 Å². The molecule has 10 nitrogen and oxygen atoms in total. The third kappa shape index (κ3) is 6.56. The van der Waals surface area contributed by atoms with Crippen molar-refractivity contribution in [1.29, 1.82) is 0 Å². The Balaban J connectivity index is 1.13. The Bertz CT molecular complexity index is 1410. The molecule has 0 atom stereocenters. The standard InChI is InChI=1S/C30H34N6O4/c1-29(2,3)40-28(37)35-22-16-25(17-22)38-23-10-6-20(7-11-23)30(4,5)21-8-12-24(13-9-21)39-26-18-31-27(32-19-26)36-33-14-15-34-36/h6-15,18-19,22,25H,16-17H2,1-5H3,(H,35,37). The van der Waals surface area contributed by atoms with Gasteiger partial charge in [0.15, 0.2) is 5.75 Å². The highest BCUT2D eigenvalue weighted by Gasteiger charge is 2.33. The maximum Gasteiger partial charge on any atom is 0.407 e. The zero-order valence-electron chi connectivity index (χ0n) is 23.4. The lowest BCUT2D eigenvalue weighted by molar-refractivity contribution is 0.0363. The molecule has 1 aliphatic rings. The van der Waals surface area contributed by atoms with Gasteiger partial charge >= 0.3 is 6.09 Å². The maximum atomic E-state index is 11.9. The van der Waals surface area contributed by atoms with Gasteiger partial charge < -0.3 is 19.5 Å². The Kier molecular flexibility index (Phi) is 7.42. The molecule has 2 aromatic carbocycles. The Morgan fingerprint density at radius 3 is 1.93 bits per heavy atom. The molecule has 5 rings (SSSR count). The Morgan fingerprint density at radius 1 is 0.825 bits per heavy atom. The van der Waals surface area contributed by atoms with E-state index < -0.39 is 5.60 Å². The molecule has 0 spiro atoms. The number of benzene rings is 2. The van der Waals surface area contributed by atoms with Crippen molar-refractivity contribution in [3.63, 3.8) is 0 Å². The minimum absolute atomic E-state index is 0.0789. The molecule has 10 heteroatoms. The number of nitrogens with one attached hydrogen (secondary N) is 1. The molecule has 1 N–H and O–H groups in total. The van der Waals surface area contributed by atoms with Crippen molar-refractivity contribution in [1.82, 2.24) is 30.3 Å². The normalized spacial score (nSPS) is 17.0. The van der Waals surface area contributed by atoms with E-state index in [-0.39, 0.29) is 23.7 Å². The van der Waals surface area contributed by atoms with E-state index in [0.717, 1.165) is 24.2 Å². The predicted molar refractivity (Wildman–Crippen MR) is 149 cm³/mol. The first-order valence-corrected chi connectivity index (χ1v) is 13.3. The summed E-state index contributed by atoms with van der Waals surface area (Å²) in [6.45, 7) is 9.94. The summed E-state index contributed by atoms with van der Waals surface area (Å²) in [4.78, 5) is 21.8. The fourth-order valence-electron chi connectivity index (χ4n) is 4.42. The van der Waals surface area contributed by atoms with E-state index in [0.29, 0.717) is 17.4 Å². The molecule has 4 aromatic rings. The largest absolute Gasteiger partial charge is 0.490 e. The van der Waals surface area contributed by atoms with Crippen LogP contribution in [0.15, 0.2) is 73.3 Å². The summed E-state index contributed by atoms with van der Waals surface area (Å²) in [5, 5.41) is 10.9. The zero-order chi connectivity index (χ0) is 28.3. The van der Waals surface area contributed by atoms with E-state index in [2.05, 4.69) is 63.6 Å². The summed E-state index contributed by atoms with van der Waals surface area (Å²) in [5.74, 6) is 2.41. The molecule has 0 bridgehead atoms. The number of aromatic nitrogens is 5. The predicted octanol–water partition coefficient (Wildman–Crippen LogP) is 5.61. The summed E-state index contributed by atoms with van der Waals surface area (Å²) in [6, 6.07) is 16.3. The number of carbonyl (C=O) groups excluding carboxylic acids is 1. The molecule has 2 heterocycles. The molecular weight excluding hydrogens is 508 g/mol. The number of hydrogen-bond acceptors (Lipinski definition) is 8. The Labute approximate surface area is 233 Å². The SMILES string of the molecule is CC(C)(C)OC(=O)NC1CC(Oc2ccc(C(C)(C)c3ccc(Oc4cnc(-n5nccn5)nc4)cc3)cc2)C1. The number of carbonyl (C=O) groups is 1. The third-order valence-electron chi connectivity index (χ3n) is 6.72. The molecule has 0 unspecified atom stereocenters. The molecule has 0 aliphatic heterocycles. The number of ether oxygens (including phenoxy) is 3. The fourth-order valence-corrected chi connectivity index (χ4v) is 4.42. The van der Waals surface area contributed by atoms with Crippen LogP contribution in [0, 0.1) is 0 Å². The minimum Gasteiger partial charge on any atom is -0.490 e. The van der Waals surface area contributed by atoms with Gasteiger partial charge in [-0.25, -0.2) is 14.8 Å². The van der Waals surface area contributed by atoms with E-state index in [1.807, 2.05) is 45.0 Å². The number of nitrogens with zero attached hydrogens (tertiary/aromatic N) is 5. The van der Waals surface area contributed by atoms with Gasteiger partial charge in [0.05, 0.1) is 24.8 Å². The lowest BCUT2D eigenvalue weighted by atomic mass is 9.78. The lowest BCUT2D eigenvalue weighted by Gasteiger charge is -2.36. The molecule has 40 heavy (non-hydrogen) atoms. The quantitative estimate of drug-likeness (QED) is 0.306. The van der Waals surface area contributed by atoms with Crippen LogP contribution < -0.4 is 14.8 Å². The lowest BCUT2D eigenvalue weighted by Crippen LogP contribution is -2.50. The second-order valence-electron chi connectivity index (χ2n) is 11.4. The van der Waals surface area contributed by atoms with Crippen LogP contribution in [0.4, 0.5) is 4.79 Å². The van der Waals surface area contributed by atoms with E-state index in [4.69, 9.17) is 14.2 Å². The van der Waals surface area contributed by atoms with Crippen molar-refractivity contribution in [2.75, 3.05) is 0 Å². The molecule has 1 amide bonds. The van der Waals surface area contributed by atoms with E-state index in [9.17, 15) is 4.79 Å². The van der Waals surface area contributed by atoms with Crippen molar-refractivity contribution in [3.8, 4) is 23.2 Å². The molecule has 1 aliphatic carbocycles. The first-order valence-electron chi connectivity index (χ1n) is 13.3. The van der Waals surface area contributed by atoms with Gasteiger partial charge in [-0.2, -0.15) is 10.2 Å². The minimum atomic E-state index is -0.503. The van der Waals surface area contributed by atoms with Crippen molar-refractivity contribution >= 4 is 6.09 Å². The van der Waals surface area contributed by atoms with Crippen LogP contribution in [0.3, 0.4) is 0 Å². The van der Waals surface area contributed by atoms with Crippen LogP contribution in [0.25, 0.3) is 5.95 Å². The Hall–Kier alpha value is -4.47. The maximum absolute atomic E-state index is 11.9.